The molecule has 2 aromatic carbocycles. The van der Waals surface area contributed by atoms with E-state index >= 15 is 0 Å². The molecule has 0 aliphatic carbocycles. The maximum atomic E-state index is 11.1. The largest absolute Gasteiger partial charge is 0.424 e. The number of ether oxygens (including phenoxy) is 1. The molecule has 0 amide bonds. The summed E-state index contributed by atoms with van der Waals surface area (Å²) in [6, 6.07) is 15.2. The van der Waals surface area contributed by atoms with E-state index in [0.717, 1.165) is 11.1 Å². The van der Waals surface area contributed by atoms with Crippen LogP contribution in [0.15, 0.2) is 48.5 Å². The van der Waals surface area contributed by atoms with E-state index in [1.807, 2.05) is 54.6 Å². The highest BCUT2D eigenvalue weighted by atomic mass is 35.5. The number of para-hydroxylation sites is 1. The van der Waals surface area contributed by atoms with Gasteiger partial charge in [-0.15, -0.1) is 0 Å². The van der Waals surface area contributed by atoms with Crippen molar-refractivity contribution < 1.29 is 9.53 Å². The van der Waals surface area contributed by atoms with Crippen LogP contribution < -0.4 is 4.74 Å². The first-order chi connectivity index (χ1) is 9.16. The molecule has 0 fully saturated rings. The average molecular weight is 273 g/mol. The Morgan fingerprint density at radius 2 is 1.79 bits per heavy atom. The molecule has 0 radical (unpaired) electrons. The van der Waals surface area contributed by atoms with Gasteiger partial charge in [-0.25, -0.2) is 0 Å². The Balaban J connectivity index is 2.32. The van der Waals surface area contributed by atoms with Gasteiger partial charge in [-0.2, -0.15) is 0 Å². The summed E-state index contributed by atoms with van der Waals surface area (Å²) in [6.45, 7) is 1.36. The standard InChI is InChI=1S/C16H13ClO2/c1-12(18)19-16-14(8-5-9-15(16)17)11-10-13-6-3-2-4-7-13/h2-11H,1H3. The van der Waals surface area contributed by atoms with Gasteiger partial charge in [-0.05, 0) is 11.6 Å². The third kappa shape index (κ3) is 3.70. The molecule has 2 rings (SSSR count). The molecule has 2 aromatic rings. The molecule has 0 spiro atoms. The first kappa shape index (κ1) is 13.4. The molecule has 3 heteroatoms. The summed E-state index contributed by atoms with van der Waals surface area (Å²) in [5.74, 6) is 0.00584. The molecule has 0 aliphatic heterocycles. The predicted molar refractivity (Wildman–Crippen MR) is 78.1 cm³/mol. The minimum Gasteiger partial charge on any atom is -0.424 e. The summed E-state index contributed by atoms with van der Waals surface area (Å²) in [4.78, 5) is 11.1. The second-order valence-corrected chi connectivity index (χ2v) is 4.40. The molecular formula is C16H13ClO2. The molecule has 0 aliphatic rings. The van der Waals surface area contributed by atoms with Crippen LogP contribution in [0.1, 0.15) is 18.1 Å². The van der Waals surface area contributed by atoms with Crippen molar-refractivity contribution in [3.8, 4) is 5.75 Å². The Hall–Kier alpha value is -2.06. The monoisotopic (exact) mass is 272 g/mol. The third-order valence-corrected chi connectivity index (χ3v) is 2.80. The summed E-state index contributed by atoms with van der Waals surface area (Å²) in [6.07, 6.45) is 3.82. The van der Waals surface area contributed by atoms with Gasteiger partial charge < -0.3 is 4.74 Å². The summed E-state index contributed by atoms with van der Waals surface area (Å²) in [7, 11) is 0. The number of hydrogen-bond donors (Lipinski definition) is 0. The number of benzene rings is 2. The van der Waals surface area contributed by atoms with Gasteiger partial charge in [0, 0.05) is 12.5 Å². The Kier molecular flexibility index (Phi) is 4.37. The van der Waals surface area contributed by atoms with Crippen LogP contribution in [0.2, 0.25) is 5.02 Å². The molecule has 96 valence electrons. The topological polar surface area (TPSA) is 26.3 Å². The molecule has 0 aromatic heterocycles. The van der Waals surface area contributed by atoms with E-state index < -0.39 is 0 Å². The molecule has 0 saturated heterocycles. The molecule has 0 bridgehead atoms. The molecular weight excluding hydrogens is 260 g/mol. The highest BCUT2D eigenvalue weighted by Gasteiger charge is 2.08. The van der Waals surface area contributed by atoms with E-state index in [9.17, 15) is 4.79 Å². The van der Waals surface area contributed by atoms with E-state index in [1.54, 1.807) is 6.07 Å². The second-order valence-electron chi connectivity index (χ2n) is 4.00. The van der Waals surface area contributed by atoms with Crippen LogP contribution >= 0.6 is 11.6 Å². The highest BCUT2D eigenvalue weighted by Crippen LogP contribution is 2.30. The minimum absolute atomic E-state index is 0.387. The first-order valence-corrected chi connectivity index (χ1v) is 6.24. The SMILES string of the molecule is CC(=O)Oc1c(Cl)cccc1C=Cc1ccccc1. The summed E-state index contributed by atoms with van der Waals surface area (Å²) < 4.78 is 5.14. The smallest absolute Gasteiger partial charge is 0.308 e. The van der Waals surface area contributed by atoms with E-state index in [2.05, 4.69) is 0 Å². The zero-order chi connectivity index (χ0) is 13.7. The normalized spacial score (nSPS) is 10.6. The lowest BCUT2D eigenvalue weighted by atomic mass is 10.1. The Labute approximate surface area is 117 Å². The third-order valence-electron chi connectivity index (χ3n) is 2.50. The van der Waals surface area contributed by atoms with E-state index in [1.165, 1.54) is 6.92 Å². The zero-order valence-electron chi connectivity index (χ0n) is 10.5. The maximum Gasteiger partial charge on any atom is 0.308 e. The molecule has 0 saturated carbocycles. The predicted octanol–water partition coefficient (Wildman–Crippen LogP) is 4.44. The molecule has 2 nitrogen and oxygen atoms in total. The van der Waals surface area contributed by atoms with Gasteiger partial charge >= 0.3 is 5.97 Å². The van der Waals surface area contributed by atoms with Crippen LogP contribution in [0, 0.1) is 0 Å². The van der Waals surface area contributed by atoms with Crippen molar-refractivity contribution in [3.05, 3.63) is 64.7 Å². The van der Waals surface area contributed by atoms with Crippen molar-refractivity contribution >= 4 is 29.7 Å². The lowest BCUT2D eigenvalue weighted by Gasteiger charge is -2.07. The molecule has 19 heavy (non-hydrogen) atoms. The first-order valence-electron chi connectivity index (χ1n) is 5.87. The Morgan fingerprint density at radius 3 is 2.47 bits per heavy atom. The van der Waals surface area contributed by atoms with Crippen LogP contribution in [0.25, 0.3) is 12.2 Å². The van der Waals surface area contributed by atoms with Crippen LogP contribution in [0.5, 0.6) is 5.75 Å². The molecule has 0 N–H and O–H groups in total. The summed E-state index contributed by atoms with van der Waals surface area (Å²) >= 11 is 6.04. The van der Waals surface area contributed by atoms with Gasteiger partial charge in [-0.3, -0.25) is 4.79 Å². The quantitative estimate of drug-likeness (QED) is 0.469. The fourth-order valence-electron chi connectivity index (χ4n) is 1.66. The van der Waals surface area contributed by atoms with Crippen molar-refractivity contribution in [2.45, 2.75) is 6.92 Å². The van der Waals surface area contributed by atoms with Crippen LogP contribution in [-0.2, 0) is 4.79 Å². The average Bonchev–Trinajstić information content (AvgIpc) is 2.40. The molecule has 0 heterocycles. The van der Waals surface area contributed by atoms with E-state index in [4.69, 9.17) is 16.3 Å². The summed E-state index contributed by atoms with van der Waals surface area (Å²) in [5, 5.41) is 0.422. The Morgan fingerprint density at radius 1 is 1.05 bits per heavy atom. The van der Waals surface area contributed by atoms with Gasteiger partial charge in [0.25, 0.3) is 0 Å². The number of hydrogen-bond acceptors (Lipinski definition) is 2. The van der Waals surface area contributed by atoms with Gasteiger partial charge in [0.2, 0.25) is 0 Å². The van der Waals surface area contributed by atoms with Crippen LogP contribution in [0.3, 0.4) is 0 Å². The van der Waals surface area contributed by atoms with Crippen molar-refractivity contribution in [2.24, 2.45) is 0 Å². The number of rotatable bonds is 3. The zero-order valence-corrected chi connectivity index (χ0v) is 11.2. The highest BCUT2D eigenvalue weighted by molar-refractivity contribution is 6.32. The van der Waals surface area contributed by atoms with Crippen molar-refractivity contribution in [3.63, 3.8) is 0 Å². The molecule has 0 unspecified atom stereocenters. The Bertz CT molecular complexity index is 603. The number of esters is 1. The number of carbonyl (C=O) groups excluding carboxylic acids is 1. The van der Waals surface area contributed by atoms with Crippen LogP contribution in [0.4, 0.5) is 0 Å². The fraction of sp³-hybridized carbons (Fsp3) is 0.0625. The second kappa shape index (κ2) is 6.21. The maximum absolute atomic E-state index is 11.1. The number of carbonyl (C=O) groups is 1. The van der Waals surface area contributed by atoms with E-state index in [-0.39, 0.29) is 5.97 Å². The lowest BCUT2D eigenvalue weighted by molar-refractivity contribution is -0.131. The van der Waals surface area contributed by atoms with Crippen LogP contribution in [-0.4, -0.2) is 5.97 Å². The number of halogens is 1. The van der Waals surface area contributed by atoms with Gasteiger partial charge in [0.05, 0.1) is 5.02 Å². The van der Waals surface area contributed by atoms with Gasteiger partial charge in [-0.1, -0.05) is 66.2 Å². The van der Waals surface area contributed by atoms with E-state index in [0.29, 0.717) is 10.8 Å². The van der Waals surface area contributed by atoms with Crippen molar-refractivity contribution in [1.29, 1.82) is 0 Å². The fourth-order valence-corrected chi connectivity index (χ4v) is 1.88. The van der Waals surface area contributed by atoms with Crippen molar-refractivity contribution in [1.82, 2.24) is 0 Å². The van der Waals surface area contributed by atoms with Crippen molar-refractivity contribution in [2.75, 3.05) is 0 Å². The van der Waals surface area contributed by atoms with Gasteiger partial charge in [0.1, 0.15) is 0 Å². The van der Waals surface area contributed by atoms with Gasteiger partial charge in [0.15, 0.2) is 5.75 Å². The summed E-state index contributed by atoms with van der Waals surface area (Å²) in [5.41, 5.74) is 1.84. The molecule has 0 atom stereocenters. The minimum atomic E-state index is -0.387. The lowest BCUT2D eigenvalue weighted by Crippen LogP contribution is -2.03.